The molecule has 0 bridgehead atoms. The molecule has 0 amide bonds. The number of nitrogens with one attached hydrogen (secondary N) is 1. The molecule has 0 spiro atoms. The summed E-state index contributed by atoms with van der Waals surface area (Å²) in [7, 11) is 1.58. The normalized spacial score (nSPS) is 11.7. The van der Waals surface area contributed by atoms with E-state index >= 15 is 0 Å². The number of H-pyrrole nitrogens is 1. The number of halogens is 2. The van der Waals surface area contributed by atoms with Gasteiger partial charge in [0.25, 0.3) is 5.56 Å². The van der Waals surface area contributed by atoms with E-state index < -0.39 is 0 Å². The maximum absolute atomic E-state index is 13.3. The van der Waals surface area contributed by atoms with Gasteiger partial charge in [-0.15, -0.1) is 10.2 Å². The van der Waals surface area contributed by atoms with E-state index in [1.54, 1.807) is 29.7 Å². The molecule has 4 aromatic heterocycles. The number of methoxy groups -OCH3 is 1. The smallest absolute Gasteiger partial charge is 0.286 e. The lowest BCUT2D eigenvalue weighted by Crippen LogP contribution is -2.21. The maximum atomic E-state index is 13.3. The fourth-order valence-electron chi connectivity index (χ4n) is 4.13. The van der Waals surface area contributed by atoms with Crippen molar-refractivity contribution in [3.05, 3.63) is 50.0 Å². The predicted octanol–water partition coefficient (Wildman–Crippen LogP) is 4.61. The van der Waals surface area contributed by atoms with Gasteiger partial charge in [-0.05, 0) is 47.0 Å². The molecule has 1 aromatic carbocycles. The SMILES string of the molecule is CCCCCn1c2nc(Br)[nH]c2c(=O)n2c(CCCc3nc(-c4ccc(OC)cc4Cl)no3)nnc12. The Morgan fingerprint density at radius 1 is 1.17 bits per heavy atom. The molecule has 188 valence electrons. The zero-order chi connectivity index (χ0) is 25.2. The Bertz CT molecular complexity index is 1590. The summed E-state index contributed by atoms with van der Waals surface area (Å²) in [4.78, 5) is 25.2. The highest BCUT2D eigenvalue weighted by atomic mass is 79.9. The molecule has 1 N–H and O–H groups in total. The number of hydrogen-bond donors (Lipinski definition) is 1. The molecule has 5 aromatic rings. The lowest BCUT2D eigenvalue weighted by molar-refractivity contribution is 0.375. The second-order valence-electron chi connectivity index (χ2n) is 8.35. The Morgan fingerprint density at radius 2 is 2.03 bits per heavy atom. The number of aromatic nitrogens is 8. The zero-order valence-corrected chi connectivity index (χ0v) is 22.1. The molecule has 0 saturated heterocycles. The van der Waals surface area contributed by atoms with Crippen LogP contribution >= 0.6 is 27.5 Å². The third-order valence-electron chi connectivity index (χ3n) is 5.94. The number of hydrogen-bond acceptors (Lipinski definition) is 8. The standard InChI is InChI=1S/C23H24BrClN8O3/c1-3-4-5-11-32-20-18(27-22(24)28-20)21(34)33-16(29-30-23(32)33)7-6-8-17-26-19(31-36-17)14-10-9-13(35-2)12-15(14)25/h9-10,12H,3-8,11H2,1-2H3,(H,27,28). The number of nitrogens with zero attached hydrogens (tertiary/aromatic N) is 7. The van der Waals surface area contributed by atoms with Gasteiger partial charge in [-0.3, -0.25) is 9.36 Å². The highest BCUT2D eigenvalue weighted by Gasteiger charge is 2.20. The lowest BCUT2D eigenvalue weighted by Gasteiger charge is -2.09. The molecule has 0 atom stereocenters. The number of rotatable bonds is 10. The highest BCUT2D eigenvalue weighted by molar-refractivity contribution is 9.10. The highest BCUT2D eigenvalue weighted by Crippen LogP contribution is 2.29. The molecule has 0 aliphatic carbocycles. The first-order valence-electron chi connectivity index (χ1n) is 11.7. The van der Waals surface area contributed by atoms with Crippen LogP contribution in [0.25, 0.3) is 28.3 Å². The van der Waals surface area contributed by atoms with E-state index in [-0.39, 0.29) is 5.56 Å². The van der Waals surface area contributed by atoms with E-state index in [1.807, 2.05) is 4.57 Å². The summed E-state index contributed by atoms with van der Waals surface area (Å²) in [6.45, 7) is 2.84. The summed E-state index contributed by atoms with van der Waals surface area (Å²) in [5, 5.41) is 13.2. The van der Waals surface area contributed by atoms with Crippen molar-refractivity contribution >= 4 is 44.5 Å². The first-order valence-corrected chi connectivity index (χ1v) is 12.9. The number of benzene rings is 1. The van der Waals surface area contributed by atoms with Gasteiger partial charge in [0.1, 0.15) is 11.6 Å². The lowest BCUT2D eigenvalue weighted by atomic mass is 10.2. The van der Waals surface area contributed by atoms with Crippen LogP contribution in [0.2, 0.25) is 5.02 Å². The van der Waals surface area contributed by atoms with E-state index in [9.17, 15) is 4.79 Å². The Labute approximate surface area is 219 Å². The van der Waals surface area contributed by atoms with Gasteiger partial charge in [0.2, 0.25) is 17.5 Å². The Hall–Kier alpha value is -3.25. The van der Waals surface area contributed by atoms with Crippen molar-refractivity contribution < 1.29 is 9.26 Å². The molecule has 11 nitrogen and oxygen atoms in total. The fraction of sp³-hybridized carbons (Fsp3) is 0.391. The van der Waals surface area contributed by atoms with Crippen LogP contribution in [0.3, 0.4) is 0 Å². The second-order valence-corrected chi connectivity index (χ2v) is 9.51. The van der Waals surface area contributed by atoms with Crippen molar-refractivity contribution in [1.82, 2.24) is 39.3 Å². The number of unbranched alkanes of at least 4 members (excludes halogenated alkanes) is 2. The van der Waals surface area contributed by atoms with Gasteiger partial charge in [-0.25, -0.2) is 9.38 Å². The fourth-order valence-corrected chi connectivity index (χ4v) is 4.75. The topological polar surface area (TPSA) is 129 Å². The van der Waals surface area contributed by atoms with E-state index in [1.165, 1.54) is 0 Å². The summed E-state index contributed by atoms with van der Waals surface area (Å²) in [5.41, 5.74) is 1.43. The molecule has 5 rings (SSSR count). The van der Waals surface area contributed by atoms with Crippen LogP contribution in [0.5, 0.6) is 5.75 Å². The monoisotopic (exact) mass is 574 g/mol. The average molecular weight is 576 g/mol. The van der Waals surface area contributed by atoms with Crippen LogP contribution in [0.4, 0.5) is 0 Å². The average Bonchev–Trinajstić information content (AvgIpc) is 3.60. The minimum atomic E-state index is -0.223. The first-order chi connectivity index (χ1) is 17.5. The van der Waals surface area contributed by atoms with Gasteiger partial charge in [0.15, 0.2) is 15.9 Å². The van der Waals surface area contributed by atoms with Gasteiger partial charge >= 0.3 is 0 Å². The number of imidazole rings is 1. The van der Waals surface area contributed by atoms with E-state index in [4.69, 9.17) is 20.9 Å². The minimum Gasteiger partial charge on any atom is -0.497 e. The molecule has 0 radical (unpaired) electrons. The molecule has 0 fully saturated rings. The van der Waals surface area contributed by atoms with E-state index in [2.05, 4.69) is 53.2 Å². The molecule has 0 aliphatic rings. The number of fused-ring (bicyclic) bond motifs is 2. The molecular formula is C23H24BrClN8O3. The van der Waals surface area contributed by atoms with E-state index in [0.717, 1.165) is 19.3 Å². The van der Waals surface area contributed by atoms with Gasteiger partial charge < -0.3 is 14.2 Å². The molecule has 0 unspecified atom stereocenters. The van der Waals surface area contributed by atoms with Crippen LogP contribution in [0.1, 0.15) is 44.3 Å². The largest absolute Gasteiger partial charge is 0.497 e. The molecule has 0 saturated carbocycles. The Balaban J connectivity index is 1.36. The predicted molar refractivity (Wildman–Crippen MR) is 137 cm³/mol. The van der Waals surface area contributed by atoms with Gasteiger partial charge in [-0.1, -0.05) is 36.5 Å². The van der Waals surface area contributed by atoms with Crippen molar-refractivity contribution in [1.29, 1.82) is 0 Å². The minimum absolute atomic E-state index is 0.223. The Morgan fingerprint density at radius 3 is 2.81 bits per heavy atom. The molecular weight excluding hydrogens is 552 g/mol. The molecule has 4 heterocycles. The number of ether oxygens (including phenoxy) is 1. The zero-order valence-electron chi connectivity index (χ0n) is 19.8. The number of aryl methyl sites for hydroxylation is 3. The number of aromatic amines is 1. The third-order valence-corrected chi connectivity index (χ3v) is 6.63. The summed E-state index contributed by atoms with van der Waals surface area (Å²) in [5.74, 6) is 2.60. The summed E-state index contributed by atoms with van der Waals surface area (Å²) >= 11 is 9.68. The van der Waals surface area contributed by atoms with E-state index in [0.29, 0.717) is 81.4 Å². The van der Waals surface area contributed by atoms with Crippen molar-refractivity contribution in [2.24, 2.45) is 0 Å². The van der Waals surface area contributed by atoms with Crippen LogP contribution in [-0.2, 0) is 19.4 Å². The van der Waals surface area contributed by atoms with Crippen molar-refractivity contribution in [3.8, 4) is 17.1 Å². The summed E-state index contributed by atoms with van der Waals surface area (Å²) < 4.78 is 14.6. The van der Waals surface area contributed by atoms with Gasteiger partial charge in [0, 0.05) is 24.9 Å². The van der Waals surface area contributed by atoms with Crippen molar-refractivity contribution in [2.45, 2.75) is 52.0 Å². The van der Waals surface area contributed by atoms with Crippen molar-refractivity contribution in [3.63, 3.8) is 0 Å². The van der Waals surface area contributed by atoms with Crippen LogP contribution in [0, 0.1) is 0 Å². The Kier molecular flexibility index (Phi) is 7.06. The van der Waals surface area contributed by atoms with Crippen molar-refractivity contribution in [2.75, 3.05) is 7.11 Å². The van der Waals surface area contributed by atoms with Crippen LogP contribution in [-0.4, -0.2) is 46.4 Å². The van der Waals surface area contributed by atoms with Crippen LogP contribution < -0.4 is 10.3 Å². The quantitative estimate of drug-likeness (QED) is 0.189. The summed E-state index contributed by atoms with van der Waals surface area (Å²) in [6.07, 6.45) is 4.77. The maximum Gasteiger partial charge on any atom is 0.286 e. The molecule has 0 aliphatic heterocycles. The molecule has 36 heavy (non-hydrogen) atoms. The first kappa shape index (κ1) is 24.4. The third kappa shape index (κ3) is 4.62. The van der Waals surface area contributed by atoms with Crippen LogP contribution in [0.15, 0.2) is 32.3 Å². The van der Waals surface area contributed by atoms with Gasteiger partial charge in [0.05, 0.1) is 12.1 Å². The van der Waals surface area contributed by atoms with Gasteiger partial charge in [-0.2, -0.15) is 4.98 Å². The second kappa shape index (κ2) is 10.4. The summed E-state index contributed by atoms with van der Waals surface area (Å²) in [6, 6.07) is 5.28. The molecule has 13 heteroatoms.